The minimum absolute atomic E-state index is 0.366. The van der Waals surface area contributed by atoms with Crippen molar-refractivity contribution in [3.63, 3.8) is 0 Å². The highest BCUT2D eigenvalue weighted by atomic mass is 16.5. The summed E-state index contributed by atoms with van der Waals surface area (Å²) < 4.78 is 1.20. The normalized spacial score (nSPS) is 12.9. The summed E-state index contributed by atoms with van der Waals surface area (Å²) in [6.45, 7) is 1.47. The summed E-state index contributed by atoms with van der Waals surface area (Å²) in [6.07, 6.45) is 0. The Morgan fingerprint density at radius 1 is 1.60 bits per heavy atom. The van der Waals surface area contributed by atoms with E-state index in [9.17, 15) is 10.0 Å². The van der Waals surface area contributed by atoms with Crippen LogP contribution in [0.1, 0.15) is 13.0 Å². The van der Waals surface area contributed by atoms with Gasteiger partial charge in [-0.15, -0.1) is 9.53 Å². The molecule has 2 aromatic rings. The molecular weight excluding hydrogens is 198 g/mol. The Morgan fingerprint density at radius 2 is 2.27 bits per heavy atom. The molecule has 2 rings (SSSR count). The molecule has 1 unspecified atom stereocenters. The van der Waals surface area contributed by atoms with Gasteiger partial charge in [-0.2, -0.15) is 0 Å². The van der Waals surface area contributed by atoms with Crippen LogP contribution in [-0.4, -0.2) is 21.0 Å². The zero-order chi connectivity index (χ0) is 11.0. The molecule has 1 aromatic carbocycles. The molecule has 0 spiro atoms. The highest BCUT2D eigenvalue weighted by Crippen LogP contribution is 2.13. The molecule has 0 aliphatic carbocycles. The van der Waals surface area contributed by atoms with Crippen LogP contribution in [0.25, 0.3) is 11.0 Å². The number of hydrogen-bond donors (Lipinski definition) is 1. The van der Waals surface area contributed by atoms with Gasteiger partial charge in [-0.1, -0.05) is 12.1 Å². The molecule has 1 atom stereocenters. The second-order valence-corrected chi connectivity index (χ2v) is 3.21. The van der Waals surface area contributed by atoms with Crippen molar-refractivity contribution in [2.45, 2.75) is 13.0 Å². The van der Waals surface area contributed by atoms with E-state index in [-0.39, 0.29) is 0 Å². The van der Waals surface area contributed by atoms with Gasteiger partial charge in [0.15, 0.2) is 5.52 Å². The topological polar surface area (TPSA) is 82.1 Å². The predicted octanol–water partition coefficient (Wildman–Crippen LogP) is 0.315. The molecule has 0 radical (unpaired) electrons. The monoisotopic (exact) mass is 207 g/mol. The van der Waals surface area contributed by atoms with Crippen LogP contribution in [0.15, 0.2) is 24.3 Å². The third-order valence-corrected chi connectivity index (χ3v) is 2.24. The number of nitrogens with zero attached hydrogens (tertiary/aromatic N) is 3. The van der Waals surface area contributed by atoms with Gasteiger partial charge in [0.05, 0.1) is 5.21 Å². The SMILES string of the molecule is CC(C(=O)O)n1n[n+]([O-])c2ccccc21. The Labute approximate surface area is 84.9 Å². The number of hydrogen-bond acceptors (Lipinski definition) is 3. The number of carboxylic acids is 1. The molecule has 1 N–H and O–H groups in total. The van der Waals surface area contributed by atoms with Crippen molar-refractivity contribution in [2.75, 3.05) is 0 Å². The van der Waals surface area contributed by atoms with Crippen molar-refractivity contribution in [3.8, 4) is 0 Å². The lowest BCUT2D eigenvalue weighted by Gasteiger charge is -1.98. The van der Waals surface area contributed by atoms with Crippen LogP contribution in [0.2, 0.25) is 0 Å². The van der Waals surface area contributed by atoms with Crippen LogP contribution in [0.4, 0.5) is 0 Å². The number of carboxylic acid groups (broad SMARTS) is 1. The van der Waals surface area contributed by atoms with Gasteiger partial charge >= 0.3 is 5.97 Å². The van der Waals surface area contributed by atoms with Crippen molar-refractivity contribution in [1.82, 2.24) is 9.90 Å². The van der Waals surface area contributed by atoms with Crippen molar-refractivity contribution < 1.29 is 14.7 Å². The van der Waals surface area contributed by atoms with Gasteiger partial charge in [0, 0.05) is 0 Å². The molecule has 78 valence electrons. The molecule has 0 bridgehead atoms. The summed E-state index contributed by atoms with van der Waals surface area (Å²) in [6, 6.07) is 5.84. The van der Waals surface area contributed by atoms with Crippen LogP contribution in [-0.2, 0) is 4.79 Å². The summed E-state index contributed by atoms with van der Waals surface area (Å²) in [7, 11) is 0. The standard InChI is InChI=1S/C9H9N3O3/c1-6(9(13)14)11-7-4-2-3-5-8(7)12(15)10-11/h2-6H,1H3,(H,13,14). The quantitative estimate of drug-likeness (QED) is 0.567. The predicted molar refractivity (Wildman–Crippen MR) is 51.0 cm³/mol. The minimum Gasteiger partial charge on any atom is -0.691 e. The summed E-state index contributed by atoms with van der Waals surface area (Å²) >= 11 is 0. The number of aromatic nitrogens is 3. The maximum absolute atomic E-state index is 11.3. The Morgan fingerprint density at radius 3 is 2.93 bits per heavy atom. The number of carbonyl (C=O) groups is 1. The molecule has 0 saturated carbocycles. The van der Waals surface area contributed by atoms with E-state index in [4.69, 9.17) is 5.11 Å². The summed E-state index contributed by atoms with van der Waals surface area (Å²) in [5.41, 5.74) is 0.882. The Kier molecular flexibility index (Phi) is 2.03. The van der Waals surface area contributed by atoms with Crippen LogP contribution in [0.3, 0.4) is 0 Å². The fourth-order valence-corrected chi connectivity index (χ4v) is 1.39. The van der Waals surface area contributed by atoms with E-state index < -0.39 is 12.0 Å². The lowest BCUT2D eigenvalue weighted by atomic mass is 10.3. The van der Waals surface area contributed by atoms with E-state index in [0.717, 1.165) is 0 Å². The van der Waals surface area contributed by atoms with Crippen molar-refractivity contribution in [1.29, 1.82) is 0 Å². The zero-order valence-electron chi connectivity index (χ0n) is 7.99. The van der Waals surface area contributed by atoms with E-state index in [0.29, 0.717) is 15.9 Å². The Hall–Kier alpha value is -2.11. The van der Waals surface area contributed by atoms with Crippen LogP contribution >= 0.6 is 0 Å². The molecule has 1 aromatic heterocycles. The van der Waals surface area contributed by atoms with Gasteiger partial charge in [-0.3, -0.25) is 0 Å². The van der Waals surface area contributed by atoms with E-state index in [1.165, 1.54) is 11.6 Å². The van der Waals surface area contributed by atoms with Crippen molar-refractivity contribution in [2.24, 2.45) is 0 Å². The van der Waals surface area contributed by atoms with Crippen LogP contribution < -0.4 is 4.85 Å². The van der Waals surface area contributed by atoms with E-state index in [1.54, 1.807) is 24.3 Å². The van der Waals surface area contributed by atoms with E-state index in [1.807, 2.05) is 0 Å². The third-order valence-electron chi connectivity index (χ3n) is 2.24. The van der Waals surface area contributed by atoms with Gasteiger partial charge in [0.2, 0.25) is 11.6 Å². The molecular formula is C9H9N3O3. The van der Waals surface area contributed by atoms with Gasteiger partial charge in [-0.25, -0.2) is 4.79 Å². The Balaban J connectivity index is 2.67. The highest BCUT2D eigenvalue weighted by Gasteiger charge is 2.24. The fourth-order valence-electron chi connectivity index (χ4n) is 1.39. The maximum Gasteiger partial charge on any atom is 0.351 e. The first-order chi connectivity index (χ1) is 7.11. The van der Waals surface area contributed by atoms with Gasteiger partial charge in [0.25, 0.3) is 0 Å². The first-order valence-corrected chi connectivity index (χ1v) is 4.41. The number of rotatable bonds is 2. The fraction of sp³-hybridized carbons (Fsp3) is 0.222. The molecule has 15 heavy (non-hydrogen) atoms. The first-order valence-electron chi connectivity index (χ1n) is 4.41. The van der Waals surface area contributed by atoms with Crippen molar-refractivity contribution in [3.05, 3.63) is 29.5 Å². The molecule has 0 aliphatic rings. The third kappa shape index (κ3) is 1.39. The molecule has 0 aliphatic heterocycles. The lowest BCUT2D eigenvalue weighted by molar-refractivity contribution is -0.646. The van der Waals surface area contributed by atoms with Gasteiger partial charge in [-0.05, 0) is 19.1 Å². The smallest absolute Gasteiger partial charge is 0.351 e. The number of aliphatic carboxylic acids is 1. The van der Waals surface area contributed by atoms with Crippen molar-refractivity contribution >= 4 is 17.0 Å². The lowest BCUT2D eigenvalue weighted by Crippen LogP contribution is -2.31. The highest BCUT2D eigenvalue weighted by molar-refractivity contribution is 5.76. The van der Waals surface area contributed by atoms with E-state index in [2.05, 4.69) is 5.21 Å². The number of benzene rings is 1. The molecule has 6 heteroatoms. The minimum atomic E-state index is -1.02. The average Bonchev–Trinajstić information content (AvgIpc) is 2.56. The summed E-state index contributed by atoms with van der Waals surface area (Å²) in [5, 5.41) is 23.8. The largest absolute Gasteiger partial charge is 0.691 e. The molecule has 0 saturated heterocycles. The maximum atomic E-state index is 11.3. The van der Waals surface area contributed by atoms with E-state index >= 15 is 0 Å². The van der Waals surface area contributed by atoms with Crippen LogP contribution in [0.5, 0.6) is 0 Å². The van der Waals surface area contributed by atoms with Crippen LogP contribution in [0, 0.1) is 5.21 Å². The molecule has 0 fully saturated rings. The molecule has 0 amide bonds. The molecule has 6 nitrogen and oxygen atoms in total. The summed E-state index contributed by atoms with van der Waals surface area (Å²) in [5.74, 6) is -1.02. The number of fused-ring (bicyclic) bond motifs is 1. The molecule has 1 heterocycles. The average molecular weight is 207 g/mol. The second-order valence-electron chi connectivity index (χ2n) is 3.21. The van der Waals surface area contributed by atoms with Gasteiger partial charge in [0.1, 0.15) is 0 Å². The zero-order valence-corrected chi connectivity index (χ0v) is 7.99. The first kappa shape index (κ1) is 9.45. The Bertz CT molecular complexity index is 520. The summed E-state index contributed by atoms with van der Waals surface area (Å²) in [4.78, 5) is 11.2. The number of para-hydroxylation sites is 2. The van der Waals surface area contributed by atoms with Gasteiger partial charge < -0.3 is 10.3 Å². The second kappa shape index (κ2) is 3.23.